The first-order valence-corrected chi connectivity index (χ1v) is 7.00. The van der Waals surface area contributed by atoms with E-state index >= 15 is 0 Å². The third-order valence-electron chi connectivity index (χ3n) is 3.18. The van der Waals surface area contributed by atoms with E-state index in [2.05, 4.69) is 10.6 Å². The summed E-state index contributed by atoms with van der Waals surface area (Å²) in [7, 11) is 0. The fraction of sp³-hybridized carbons (Fsp3) is 0.176. The number of benzene rings is 2. The molecular weight excluding hydrogens is 278 g/mol. The molecule has 0 aromatic heterocycles. The first-order chi connectivity index (χ1) is 10.6. The van der Waals surface area contributed by atoms with Crippen LogP contribution in [0.25, 0.3) is 0 Å². The van der Waals surface area contributed by atoms with Crippen molar-refractivity contribution in [2.75, 3.05) is 5.32 Å². The molecule has 0 aliphatic rings. The Kier molecular flexibility index (Phi) is 5.27. The van der Waals surface area contributed by atoms with Crippen molar-refractivity contribution in [3.05, 3.63) is 65.7 Å². The fourth-order valence-corrected chi connectivity index (χ4v) is 2.21. The molecule has 0 spiro atoms. The van der Waals surface area contributed by atoms with E-state index < -0.39 is 11.9 Å². The van der Waals surface area contributed by atoms with E-state index in [0.717, 1.165) is 16.8 Å². The van der Waals surface area contributed by atoms with Crippen LogP contribution in [0.2, 0.25) is 0 Å². The maximum Gasteiger partial charge on any atom is 0.239 e. The minimum atomic E-state index is -0.550. The molecule has 0 bridgehead atoms. The minimum Gasteiger partial charge on any atom is -0.368 e. The van der Waals surface area contributed by atoms with Gasteiger partial charge in [-0.1, -0.05) is 42.5 Å². The molecule has 0 aliphatic heterocycles. The lowest BCUT2D eigenvalue weighted by molar-refractivity contribution is -0.120. The van der Waals surface area contributed by atoms with Gasteiger partial charge in [-0.25, -0.2) is 0 Å². The highest BCUT2D eigenvalue weighted by molar-refractivity contribution is 5.88. The summed E-state index contributed by atoms with van der Waals surface area (Å²) >= 11 is 0. The van der Waals surface area contributed by atoms with Crippen LogP contribution in [0.5, 0.6) is 0 Å². The van der Waals surface area contributed by atoms with Crippen molar-refractivity contribution in [2.45, 2.75) is 19.5 Å². The van der Waals surface area contributed by atoms with Gasteiger partial charge >= 0.3 is 0 Å². The molecule has 0 unspecified atom stereocenters. The number of carbonyl (C=O) groups is 2. The third kappa shape index (κ3) is 4.43. The second-order valence-electron chi connectivity index (χ2n) is 5.01. The zero-order valence-electron chi connectivity index (χ0n) is 12.4. The van der Waals surface area contributed by atoms with Gasteiger partial charge in [0, 0.05) is 19.2 Å². The first kappa shape index (κ1) is 15.7. The molecule has 2 amide bonds. The van der Waals surface area contributed by atoms with Crippen molar-refractivity contribution < 1.29 is 9.59 Å². The molecule has 2 aromatic carbocycles. The van der Waals surface area contributed by atoms with Crippen LogP contribution in [0.4, 0.5) is 5.69 Å². The van der Waals surface area contributed by atoms with Crippen molar-refractivity contribution in [1.82, 2.24) is 5.32 Å². The summed E-state index contributed by atoms with van der Waals surface area (Å²) in [4.78, 5) is 22.7. The number of hydrogen-bond donors (Lipinski definition) is 3. The highest BCUT2D eigenvalue weighted by Gasteiger charge is 2.16. The van der Waals surface area contributed by atoms with Gasteiger partial charge in [0.25, 0.3) is 0 Å². The molecule has 22 heavy (non-hydrogen) atoms. The molecule has 0 saturated carbocycles. The Bertz CT molecular complexity index is 656. The number of primary amides is 1. The maximum absolute atomic E-state index is 11.6. The number of rotatable bonds is 6. The Morgan fingerprint density at radius 2 is 1.82 bits per heavy atom. The molecule has 2 aromatic rings. The molecule has 5 nitrogen and oxygen atoms in total. The Labute approximate surface area is 129 Å². The summed E-state index contributed by atoms with van der Waals surface area (Å²) in [6.07, 6.45) is 0. The van der Waals surface area contributed by atoms with Crippen LogP contribution in [0.3, 0.4) is 0 Å². The van der Waals surface area contributed by atoms with E-state index in [9.17, 15) is 9.59 Å². The average Bonchev–Trinajstić information content (AvgIpc) is 2.48. The van der Waals surface area contributed by atoms with Crippen molar-refractivity contribution in [3.8, 4) is 0 Å². The predicted octanol–water partition coefficient (Wildman–Crippen LogP) is 1.96. The molecule has 114 valence electrons. The predicted molar refractivity (Wildman–Crippen MR) is 86.0 cm³/mol. The van der Waals surface area contributed by atoms with Crippen molar-refractivity contribution >= 4 is 17.5 Å². The van der Waals surface area contributed by atoms with Crippen LogP contribution >= 0.6 is 0 Å². The standard InChI is InChI=1S/C17H19N3O2/c1-12(21)20-15-9-5-6-13(10-15)11-19-16(17(18)22)14-7-3-2-4-8-14/h2-10,16,19H,11H2,1H3,(H2,18,22)(H,20,21)/t16-/m0/s1. The zero-order chi connectivity index (χ0) is 15.9. The summed E-state index contributed by atoms with van der Waals surface area (Å²) in [6, 6.07) is 16.2. The molecule has 4 N–H and O–H groups in total. The van der Waals surface area contributed by atoms with Gasteiger partial charge in [-0.15, -0.1) is 0 Å². The maximum atomic E-state index is 11.6. The van der Waals surface area contributed by atoms with E-state index in [4.69, 9.17) is 5.73 Å². The third-order valence-corrected chi connectivity index (χ3v) is 3.18. The van der Waals surface area contributed by atoms with Crippen LogP contribution < -0.4 is 16.4 Å². The van der Waals surface area contributed by atoms with Crippen LogP contribution in [0, 0.1) is 0 Å². The molecule has 0 aliphatic carbocycles. The lowest BCUT2D eigenvalue weighted by atomic mass is 10.1. The molecule has 0 fully saturated rings. The van der Waals surface area contributed by atoms with Gasteiger partial charge in [0.2, 0.25) is 11.8 Å². The van der Waals surface area contributed by atoms with Crippen molar-refractivity contribution in [3.63, 3.8) is 0 Å². The van der Waals surface area contributed by atoms with Gasteiger partial charge in [0.05, 0.1) is 0 Å². The number of nitrogens with one attached hydrogen (secondary N) is 2. The molecule has 0 saturated heterocycles. The smallest absolute Gasteiger partial charge is 0.239 e. The summed E-state index contributed by atoms with van der Waals surface area (Å²) in [5, 5.41) is 5.87. The largest absolute Gasteiger partial charge is 0.368 e. The Morgan fingerprint density at radius 3 is 2.45 bits per heavy atom. The highest BCUT2D eigenvalue weighted by Crippen LogP contribution is 2.15. The zero-order valence-corrected chi connectivity index (χ0v) is 12.4. The van der Waals surface area contributed by atoms with Gasteiger partial charge in [-0.2, -0.15) is 0 Å². The molecule has 5 heteroatoms. The molecule has 0 heterocycles. The van der Waals surface area contributed by atoms with E-state index in [1.54, 1.807) is 0 Å². The number of nitrogens with two attached hydrogens (primary N) is 1. The number of carbonyl (C=O) groups excluding carboxylic acids is 2. The number of anilines is 1. The quantitative estimate of drug-likeness (QED) is 0.762. The normalized spacial score (nSPS) is 11.7. The van der Waals surface area contributed by atoms with Crippen LogP contribution in [0.1, 0.15) is 24.1 Å². The molecule has 0 radical (unpaired) electrons. The Morgan fingerprint density at radius 1 is 1.09 bits per heavy atom. The highest BCUT2D eigenvalue weighted by atomic mass is 16.1. The number of amides is 2. The molecule has 1 atom stereocenters. The second-order valence-corrected chi connectivity index (χ2v) is 5.01. The van der Waals surface area contributed by atoms with Crippen LogP contribution in [-0.2, 0) is 16.1 Å². The molecular formula is C17H19N3O2. The van der Waals surface area contributed by atoms with Gasteiger partial charge in [0.15, 0.2) is 0 Å². The van der Waals surface area contributed by atoms with E-state index in [0.29, 0.717) is 6.54 Å². The second kappa shape index (κ2) is 7.38. The van der Waals surface area contributed by atoms with E-state index in [1.807, 2.05) is 54.6 Å². The first-order valence-electron chi connectivity index (χ1n) is 7.00. The van der Waals surface area contributed by atoms with Crippen LogP contribution in [-0.4, -0.2) is 11.8 Å². The monoisotopic (exact) mass is 297 g/mol. The number of hydrogen-bond acceptors (Lipinski definition) is 3. The minimum absolute atomic E-state index is 0.121. The van der Waals surface area contributed by atoms with Crippen LogP contribution in [0.15, 0.2) is 54.6 Å². The van der Waals surface area contributed by atoms with Crippen molar-refractivity contribution in [1.29, 1.82) is 0 Å². The summed E-state index contributed by atoms with van der Waals surface area (Å²) in [5.41, 5.74) is 7.97. The SMILES string of the molecule is CC(=O)Nc1cccc(CN[C@H](C(N)=O)c2ccccc2)c1. The lowest BCUT2D eigenvalue weighted by Gasteiger charge is -2.16. The topological polar surface area (TPSA) is 84.2 Å². The van der Waals surface area contributed by atoms with Gasteiger partial charge in [0.1, 0.15) is 6.04 Å². The average molecular weight is 297 g/mol. The van der Waals surface area contributed by atoms with Gasteiger partial charge in [-0.05, 0) is 23.3 Å². The fourth-order valence-electron chi connectivity index (χ4n) is 2.21. The van der Waals surface area contributed by atoms with Crippen molar-refractivity contribution in [2.24, 2.45) is 5.73 Å². The van der Waals surface area contributed by atoms with E-state index in [1.165, 1.54) is 6.92 Å². The summed E-state index contributed by atoms with van der Waals surface area (Å²) in [5.74, 6) is -0.548. The van der Waals surface area contributed by atoms with Gasteiger partial charge in [-0.3, -0.25) is 14.9 Å². The Balaban J connectivity index is 2.07. The lowest BCUT2D eigenvalue weighted by Crippen LogP contribution is -2.33. The van der Waals surface area contributed by atoms with Gasteiger partial charge < -0.3 is 11.1 Å². The summed E-state index contributed by atoms with van der Waals surface area (Å²) in [6.45, 7) is 1.93. The summed E-state index contributed by atoms with van der Waals surface area (Å²) < 4.78 is 0. The Hall–Kier alpha value is -2.66. The molecule has 2 rings (SSSR count). The van der Waals surface area contributed by atoms with E-state index in [-0.39, 0.29) is 5.91 Å².